The van der Waals surface area contributed by atoms with E-state index in [1.807, 2.05) is 30.3 Å². The first-order valence-electron chi connectivity index (χ1n) is 8.42. The van der Waals surface area contributed by atoms with Crippen LogP contribution >= 0.6 is 0 Å². The standard InChI is InChI=1S/C19H26N2O4/c1-14-10-11-17(25-14)19(2,24)13-20-18(23)21-16(9-6-12-22)15-7-4-3-5-8-15/h3-5,7-8,10-11,16,22,24H,6,9,12-13H2,1-2H3,(H2,20,21,23). The number of aliphatic hydroxyl groups is 2. The number of hydrogen-bond donors (Lipinski definition) is 4. The summed E-state index contributed by atoms with van der Waals surface area (Å²) in [6.45, 7) is 3.48. The second-order valence-electron chi connectivity index (χ2n) is 6.34. The molecule has 0 saturated heterocycles. The molecule has 2 atom stereocenters. The molecular formula is C19H26N2O4. The van der Waals surface area contributed by atoms with Crippen molar-refractivity contribution < 1.29 is 19.4 Å². The van der Waals surface area contributed by atoms with Crippen molar-refractivity contribution in [3.8, 4) is 0 Å². The molecule has 1 aromatic carbocycles. The number of hydrogen-bond acceptors (Lipinski definition) is 4. The Kier molecular flexibility index (Phi) is 6.61. The summed E-state index contributed by atoms with van der Waals surface area (Å²) in [5.41, 5.74) is -0.321. The molecule has 2 aromatic rings. The monoisotopic (exact) mass is 346 g/mol. The Morgan fingerprint density at radius 1 is 1.24 bits per heavy atom. The second kappa shape index (κ2) is 8.69. The molecule has 1 heterocycles. The third kappa shape index (κ3) is 5.62. The molecule has 0 aliphatic rings. The van der Waals surface area contributed by atoms with Crippen molar-refractivity contribution in [2.24, 2.45) is 0 Å². The van der Waals surface area contributed by atoms with Gasteiger partial charge in [-0.15, -0.1) is 0 Å². The van der Waals surface area contributed by atoms with Gasteiger partial charge in [0.05, 0.1) is 12.6 Å². The Morgan fingerprint density at radius 3 is 2.56 bits per heavy atom. The van der Waals surface area contributed by atoms with E-state index >= 15 is 0 Å². The molecule has 0 bridgehead atoms. The summed E-state index contributed by atoms with van der Waals surface area (Å²) in [5.74, 6) is 1.11. The second-order valence-corrected chi connectivity index (χ2v) is 6.34. The molecule has 136 valence electrons. The maximum absolute atomic E-state index is 12.2. The molecule has 2 rings (SSSR count). The van der Waals surface area contributed by atoms with Crippen LogP contribution in [0, 0.1) is 6.92 Å². The van der Waals surface area contributed by atoms with E-state index in [1.54, 1.807) is 26.0 Å². The molecule has 0 saturated carbocycles. The van der Waals surface area contributed by atoms with E-state index in [0.717, 1.165) is 5.56 Å². The maximum atomic E-state index is 12.2. The quantitative estimate of drug-likeness (QED) is 0.591. The van der Waals surface area contributed by atoms with Gasteiger partial charge in [0.15, 0.2) is 0 Å². The molecule has 0 aliphatic heterocycles. The highest BCUT2D eigenvalue weighted by atomic mass is 16.4. The van der Waals surface area contributed by atoms with Gasteiger partial charge in [0, 0.05) is 6.61 Å². The average Bonchev–Trinajstić information content (AvgIpc) is 3.05. The summed E-state index contributed by atoms with van der Waals surface area (Å²) in [6, 6.07) is 12.5. The van der Waals surface area contributed by atoms with E-state index in [9.17, 15) is 9.90 Å². The highest BCUT2D eigenvalue weighted by Gasteiger charge is 2.27. The normalized spacial score (nSPS) is 14.6. The highest BCUT2D eigenvalue weighted by Crippen LogP contribution is 2.22. The van der Waals surface area contributed by atoms with Crippen LogP contribution in [0.25, 0.3) is 0 Å². The number of carbonyl (C=O) groups excluding carboxylic acids is 1. The molecule has 2 amide bonds. The lowest BCUT2D eigenvalue weighted by molar-refractivity contribution is 0.0358. The van der Waals surface area contributed by atoms with Gasteiger partial charge in [-0.1, -0.05) is 30.3 Å². The van der Waals surface area contributed by atoms with E-state index in [4.69, 9.17) is 9.52 Å². The SMILES string of the molecule is Cc1ccc(C(C)(O)CNC(=O)NC(CCCO)c2ccccc2)o1. The van der Waals surface area contributed by atoms with Crippen molar-refractivity contribution in [3.63, 3.8) is 0 Å². The van der Waals surface area contributed by atoms with Crippen LogP contribution in [-0.4, -0.2) is 29.4 Å². The molecule has 0 spiro atoms. The minimum absolute atomic E-state index is 0.0211. The van der Waals surface area contributed by atoms with Gasteiger partial charge in [-0.05, 0) is 44.4 Å². The number of urea groups is 1. The van der Waals surface area contributed by atoms with Gasteiger partial charge in [-0.2, -0.15) is 0 Å². The number of furan rings is 1. The van der Waals surface area contributed by atoms with Gasteiger partial charge in [-0.3, -0.25) is 0 Å². The number of aryl methyl sites for hydroxylation is 1. The number of nitrogens with one attached hydrogen (secondary N) is 2. The van der Waals surface area contributed by atoms with Gasteiger partial charge in [0.1, 0.15) is 17.1 Å². The third-order valence-electron chi connectivity index (χ3n) is 4.02. The zero-order valence-corrected chi connectivity index (χ0v) is 14.7. The average molecular weight is 346 g/mol. The number of rotatable bonds is 8. The lowest BCUT2D eigenvalue weighted by atomic mass is 10.0. The molecule has 2 unspecified atom stereocenters. The summed E-state index contributed by atoms with van der Waals surface area (Å²) in [5, 5.41) is 25.1. The number of aliphatic hydroxyl groups excluding tert-OH is 1. The van der Waals surface area contributed by atoms with Crippen molar-refractivity contribution in [2.75, 3.05) is 13.2 Å². The maximum Gasteiger partial charge on any atom is 0.315 e. The number of amides is 2. The first-order chi connectivity index (χ1) is 11.9. The first-order valence-corrected chi connectivity index (χ1v) is 8.42. The first kappa shape index (κ1) is 19.0. The van der Waals surface area contributed by atoms with Crippen LogP contribution in [0.3, 0.4) is 0 Å². The smallest absolute Gasteiger partial charge is 0.315 e. The molecule has 0 radical (unpaired) electrons. The fourth-order valence-electron chi connectivity index (χ4n) is 2.58. The molecule has 0 fully saturated rings. The summed E-state index contributed by atoms with van der Waals surface area (Å²) in [4.78, 5) is 12.2. The van der Waals surface area contributed by atoms with E-state index in [2.05, 4.69) is 10.6 Å². The van der Waals surface area contributed by atoms with Crippen LogP contribution in [0.2, 0.25) is 0 Å². The highest BCUT2D eigenvalue weighted by molar-refractivity contribution is 5.74. The molecule has 4 N–H and O–H groups in total. The minimum Gasteiger partial charge on any atom is -0.463 e. The Labute approximate surface area is 147 Å². The van der Waals surface area contributed by atoms with Crippen molar-refractivity contribution in [2.45, 2.75) is 38.3 Å². The van der Waals surface area contributed by atoms with Crippen LogP contribution in [0.1, 0.15) is 42.9 Å². The van der Waals surface area contributed by atoms with Crippen molar-refractivity contribution >= 4 is 6.03 Å². The Bertz CT molecular complexity index is 667. The summed E-state index contributed by atoms with van der Waals surface area (Å²) in [6.07, 6.45) is 1.21. The van der Waals surface area contributed by atoms with Crippen LogP contribution in [0.15, 0.2) is 46.9 Å². The largest absolute Gasteiger partial charge is 0.463 e. The molecule has 1 aromatic heterocycles. The van der Waals surface area contributed by atoms with E-state index in [-0.39, 0.29) is 25.2 Å². The van der Waals surface area contributed by atoms with Crippen LogP contribution in [0.4, 0.5) is 4.79 Å². The minimum atomic E-state index is -1.29. The topological polar surface area (TPSA) is 94.7 Å². The fourth-order valence-corrected chi connectivity index (χ4v) is 2.58. The Balaban J connectivity index is 1.94. The van der Waals surface area contributed by atoms with Crippen LogP contribution in [-0.2, 0) is 5.60 Å². The van der Waals surface area contributed by atoms with E-state index in [1.165, 1.54) is 0 Å². The van der Waals surface area contributed by atoms with Crippen molar-refractivity contribution in [1.82, 2.24) is 10.6 Å². The van der Waals surface area contributed by atoms with Crippen LogP contribution < -0.4 is 10.6 Å². The van der Waals surface area contributed by atoms with E-state index < -0.39 is 5.60 Å². The zero-order chi connectivity index (χ0) is 18.3. The predicted molar refractivity (Wildman–Crippen MR) is 95.1 cm³/mol. The summed E-state index contributed by atoms with van der Waals surface area (Å²) in [7, 11) is 0. The van der Waals surface area contributed by atoms with Gasteiger partial charge in [0.2, 0.25) is 0 Å². The van der Waals surface area contributed by atoms with Gasteiger partial charge in [-0.25, -0.2) is 4.79 Å². The van der Waals surface area contributed by atoms with Crippen molar-refractivity contribution in [1.29, 1.82) is 0 Å². The molecule has 6 heteroatoms. The lowest BCUT2D eigenvalue weighted by Crippen LogP contribution is -2.44. The van der Waals surface area contributed by atoms with E-state index in [0.29, 0.717) is 24.4 Å². The zero-order valence-electron chi connectivity index (χ0n) is 14.7. The van der Waals surface area contributed by atoms with Gasteiger partial charge < -0.3 is 25.3 Å². The number of carbonyl (C=O) groups is 1. The van der Waals surface area contributed by atoms with Crippen LogP contribution in [0.5, 0.6) is 0 Å². The summed E-state index contributed by atoms with van der Waals surface area (Å²) < 4.78 is 5.43. The summed E-state index contributed by atoms with van der Waals surface area (Å²) >= 11 is 0. The van der Waals surface area contributed by atoms with Gasteiger partial charge in [0.25, 0.3) is 0 Å². The molecular weight excluding hydrogens is 320 g/mol. The number of benzene rings is 1. The Hall–Kier alpha value is -2.31. The van der Waals surface area contributed by atoms with Gasteiger partial charge >= 0.3 is 6.03 Å². The molecule has 25 heavy (non-hydrogen) atoms. The third-order valence-corrected chi connectivity index (χ3v) is 4.02. The lowest BCUT2D eigenvalue weighted by Gasteiger charge is -2.23. The predicted octanol–water partition coefficient (Wildman–Crippen LogP) is 2.61. The Morgan fingerprint density at radius 2 is 1.96 bits per heavy atom. The fraction of sp³-hybridized carbons (Fsp3) is 0.421. The molecule has 0 aliphatic carbocycles. The van der Waals surface area contributed by atoms with Crippen molar-refractivity contribution in [3.05, 3.63) is 59.5 Å². The molecule has 6 nitrogen and oxygen atoms in total.